The Balaban J connectivity index is 2.43. The van der Waals surface area contributed by atoms with Crippen LogP contribution in [0.2, 0.25) is 0 Å². The second-order valence-electron chi connectivity index (χ2n) is 5.18. The van der Waals surface area contributed by atoms with Crippen molar-refractivity contribution in [2.75, 3.05) is 0 Å². The zero-order valence-electron chi connectivity index (χ0n) is 10.6. The van der Waals surface area contributed by atoms with E-state index >= 15 is 0 Å². The number of phenolic OH excluding ortho intramolecular Hbond substituents is 1. The summed E-state index contributed by atoms with van der Waals surface area (Å²) in [7, 11) is 0. The molecule has 3 N–H and O–H groups in total. The predicted octanol–water partition coefficient (Wildman–Crippen LogP) is 2.91. The fraction of sp³-hybridized carbons (Fsp3) is 0.571. The number of ether oxygens (including phenoxy) is 1. The molecule has 3 heteroatoms. The highest BCUT2D eigenvalue weighted by Crippen LogP contribution is 2.44. The van der Waals surface area contributed by atoms with E-state index in [0.29, 0.717) is 0 Å². The third kappa shape index (κ3) is 2.39. The minimum Gasteiger partial charge on any atom is -0.507 e. The van der Waals surface area contributed by atoms with Crippen LogP contribution in [0.3, 0.4) is 0 Å². The van der Waals surface area contributed by atoms with E-state index in [1.54, 1.807) is 12.1 Å². The minimum absolute atomic E-state index is 0.0838. The zero-order valence-corrected chi connectivity index (χ0v) is 10.6. The fourth-order valence-corrected chi connectivity index (χ4v) is 2.63. The third-order valence-corrected chi connectivity index (χ3v) is 3.36. The first-order chi connectivity index (χ1) is 8.03. The first-order valence-corrected chi connectivity index (χ1v) is 6.31. The topological polar surface area (TPSA) is 55.5 Å². The first-order valence-electron chi connectivity index (χ1n) is 6.31. The summed E-state index contributed by atoms with van der Waals surface area (Å²) in [4.78, 5) is 0. The molecule has 1 saturated carbocycles. The zero-order chi connectivity index (χ0) is 12.5. The highest BCUT2D eigenvalue weighted by atomic mass is 16.5. The highest BCUT2D eigenvalue weighted by molar-refractivity contribution is 5.49. The molecule has 0 atom stereocenters. The Hall–Kier alpha value is -1.22. The molecule has 0 radical (unpaired) electrons. The maximum atomic E-state index is 10.1. The van der Waals surface area contributed by atoms with Crippen LogP contribution in [0, 0.1) is 0 Å². The number of rotatable bonds is 3. The van der Waals surface area contributed by atoms with Crippen LogP contribution in [0.15, 0.2) is 18.2 Å². The van der Waals surface area contributed by atoms with Gasteiger partial charge in [0, 0.05) is 5.54 Å². The molecule has 0 saturated heterocycles. The lowest BCUT2D eigenvalue weighted by atomic mass is 9.88. The minimum atomic E-state index is -0.421. The van der Waals surface area contributed by atoms with Gasteiger partial charge in [0.25, 0.3) is 0 Å². The second-order valence-corrected chi connectivity index (χ2v) is 5.18. The summed E-state index contributed by atoms with van der Waals surface area (Å²) in [5, 5.41) is 10.1. The molecule has 17 heavy (non-hydrogen) atoms. The van der Waals surface area contributed by atoms with E-state index in [2.05, 4.69) is 0 Å². The van der Waals surface area contributed by atoms with Crippen molar-refractivity contribution in [3.63, 3.8) is 0 Å². The molecule has 1 aliphatic carbocycles. The van der Waals surface area contributed by atoms with Gasteiger partial charge in [-0.15, -0.1) is 0 Å². The Morgan fingerprint density at radius 3 is 2.53 bits per heavy atom. The van der Waals surface area contributed by atoms with Gasteiger partial charge in [0.05, 0.1) is 11.7 Å². The van der Waals surface area contributed by atoms with Gasteiger partial charge in [-0.25, -0.2) is 0 Å². The van der Waals surface area contributed by atoms with E-state index in [0.717, 1.165) is 37.0 Å². The van der Waals surface area contributed by atoms with Gasteiger partial charge in [-0.1, -0.05) is 18.9 Å². The first kappa shape index (κ1) is 12.2. The smallest absolute Gasteiger partial charge is 0.128 e. The summed E-state index contributed by atoms with van der Waals surface area (Å²) in [6.45, 7) is 3.96. The fourth-order valence-electron chi connectivity index (χ4n) is 2.63. The van der Waals surface area contributed by atoms with Gasteiger partial charge >= 0.3 is 0 Å². The van der Waals surface area contributed by atoms with E-state index in [1.807, 2.05) is 19.9 Å². The van der Waals surface area contributed by atoms with Crippen LogP contribution in [0.5, 0.6) is 11.5 Å². The molecule has 1 fully saturated rings. The maximum Gasteiger partial charge on any atom is 0.128 e. The van der Waals surface area contributed by atoms with Crippen LogP contribution in [-0.2, 0) is 5.54 Å². The molecular weight excluding hydrogens is 214 g/mol. The molecular formula is C14H21NO2. The summed E-state index contributed by atoms with van der Waals surface area (Å²) in [6.07, 6.45) is 4.15. The van der Waals surface area contributed by atoms with E-state index in [9.17, 15) is 5.11 Å². The molecule has 0 spiro atoms. The SMILES string of the molecule is CC(C)Oc1cccc(O)c1C1(N)CCCC1. The average Bonchev–Trinajstić information content (AvgIpc) is 2.64. The van der Waals surface area contributed by atoms with Gasteiger partial charge in [-0.3, -0.25) is 0 Å². The molecule has 1 aromatic carbocycles. The van der Waals surface area contributed by atoms with Crippen molar-refractivity contribution in [3.05, 3.63) is 23.8 Å². The molecule has 94 valence electrons. The number of benzene rings is 1. The number of hydrogen-bond donors (Lipinski definition) is 2. The van der Waals surface area contributed by atoms with Crippen molar-refractivity contribution in [2.24, 2.45) is 5.73 Å². The van der Waals surface area contributed by atoms with E-state index in [1.165, 1.54) is 0 Å². The summed E-state index contributed by atoms with van der Waals surface area (Å²) in [5.41, 5.74) is 6.78. The van der Waals surface area contributed by atoms with Crippen LogP contribution in [0.25, 0.3) is 0 Å². The third-order valence-electron chi connectivity index (χ3n) is 3.36. The molecule has 0 aliphatic heterocycles. The van der Waals surface area contributed by atoms with Gasteiger partial charge in [0.1, 0.15) is 11.5 Å². The normalized spacial score (nSPS) is 18.6. The highest BCUT2D eigenvalue weighted by Gasteiger charge is 2.36. The Labute approximate surface area is 103 Å². The van der Waals surface area contributed by atoms with Crippen LogP contribution in [-0.4, -0.2) is 11.2 Å². The predicted molar refractivity (Wildman–Crippen MR) is 68.2 cm³/mol. The molecule has 0 aromatic heterocycles. The van der Waals surface area contributed by atoms with Gasteiger partial charge in [-0.2, -0.15) is 0 Å². The number of aromatic hydroxyl groups is 1. The van der Waals surface area contributed by atoms with Crippen molar-refractivity contribution in [1.82, 2.24) is 0 Å². The van der Waals surface area contributed by atoms with Crippen molar-refractivity contribution in [1.29, 1.82) is 0 Å². The van der Waals surface area contributed by atoms with Crippen molar-refractivity contribution in [2.45, 2.75) is 51.2 Å². The van der Waals surface area contributed by atoms with Gasteiger partial charge in [0.2, 0.25) is 0 Å². The standard InChI is InChI=1S/C14H21NO2/c1-10(2)17-12-7-5-6-11(16)13(12)14(15)8-3-4-9-14/h5-7,10,16H,3-4,8-9,15H2,1-2H3. The number of phenols is 1. The quantitative estimate of drug-likeness (QED) is 0.847. The number of hydrogen-bond acceptors (Lipinski definition) is 3. The molecule has 3 nitrogen and oxygen atoms in total. The van der Waals surface area contributed by atoms with Crippen LogP contribution in [0.4, 0.5) is 0 Å². The van der Waals surface area contributed by atoms with Crippen molar-refractivity contribution < 1.29 is 9.84 Å². The Bertz CT molecular complexity index is 395. The Morgan fingerprint density at radius 1 is 1.29 bits per heavy atom. The maximum absolute atomic E-state index is 10.1. The molecule has 1 aliphatic rings. The van der Waals surface area contributed by atoms with Crippen molar-refractivity contribution >= 4 is 0 Å². The van der Waals surface area contributed by atoms with Crippen molar-refractivity contribution in [3.8, 4) is 11.5 Å². The van der Waals surface area contributed by atoms with Gasteiger partial charge in [-0.05, 0) is 38.8 Å². The molecule has 0 heterocycles. The average molecular weight is 235 g/mol. The lowest BCUT2D eigenvalue weighted by molar-refractivity contribution is 0.232. The summed E-state index contributed by atoms with van der Waals surface area (Å²) >= 11 is 0. The molecule has 0 amide bonds. The Kier molecular flexibility index (Phi) is 3.29. The molecule has 1 aromatic rings. The summed E-state index contributed by atoms with van der Waals surface area (Å²) in [5.74, 6) is 0.983. The Morgan fingerprint density at radius 2 is 1.94 bits per heavy atom. The molecule has 0 unspecified atom stereocenters. The molecule has 0 bridgehead atoms. The summed E-state index contributed by atoms with van der Waals surface area (Å²) in [6, 6.07) is 5.38. The number of nitrogens with two attached hydrogens (primary N) is 1. The van der Waals surface area contributed by atoms with Crippen LogP contribution >= 0.6 is 0 Å². The van der Waals surface area contributed by atoms with Crippen LogP contribution < -0.4 is 10.5 Å². The van der Waals surface area contributed by atoms with E-state index < -0.39 is 5.54 Å². The summed E-state index contributed by atoms with van der Waals surface area (Å²) < 4.78 is 5.76. The van der Waals surface area contributed by atoms with Gasteiger partial charge in [0.15, 0.2) is 0 Å². The van der Waals surface area contributed by atoms with Gasteiger partial charge < -0.3 is 15.6 Å². The van der Waals surface area contributed by atoms with E-state index in [-0.39, 0.29) is 11.9 Å². The van der Waals surface area contributed by atoms with E-state index in [4.69, 9.17) is 10.5 Å². The second kappa shape index (κ2) is 4.57. The lowest BCUT2D eigenvalue weighted by Crippen LogP contribution is -2.34. The monoisotopic (exact) mass is 235 g/mol. The lowest BCUT2D eigenvalue weighted by Gasteiger charge is -2.28. The largest absolute Gasteiger partial charge is 0.507 e. The molecule has 2 rings (SSSR count). The van der Waals surface area contributed by atoms with Crippen LogP contribution in [0.1, 0.15) is 45.1 Å².